The van der Waals surface area contributed by atoms with Crippen molar-refractivity contribution in [2.24, 2.45) is 0 Å². The fourth-order valence-electron chi connectivity index (χ4n) is 0.871. The van der Waals surface area contributed by atoms with E-state index in [0.717, 1.165) is 0 Å². The van der Waals surface area contributed by atoms with Crippen LogP contribution in [0.4, 0.5) is 0 Å². The highest BCUT2D eigenvalue weighted by molar-refractivity contribution is 7.89. The van der Waals surface area contributed by atoms with Crippen molar-refractivity contribution in [2.75, 3.05) is 25.4 Å². The van der Waals surface area contributed by atoms with Crippen molar-refractivity contribution in [1.29, 1.82) is 5.26 Å². The van der Waals surface area contributed by atoms with Crippen LogP contribution in [0.5, 0.6) is 0 Å². The highest BCUT2D eigenvalue weighted by Crippen LogP contribution is 1.81. The SMILES string of the molecule is CCNS(=O)(=O)CCNC(=O)C(=O)NCC#N. The molecule has 0 atom stereocenters. The molecular formula is C8H14N4O4S. The lowest BCUT2D eigenvalue weighted by atomic mass is 10.5. The molecule has 0 saturated carbocycles. The Kier molecular flexibility index (Phi) is 6.85. The first kappa shape index (κ1) is 15.3. The van der Waals surface area contributed by atoms with Crippen molar-refractivity contribution in [3.05, 3.63) is 0 Å². The minimum atomic E-state index is -3.42. The van der Waals surface area contributed by atoms with E-state index >= 15 is 0 Å². The summed E-state index contributed by atoms with van der Waals surface area (Å²) in [7, 11) is -3.42. The van der Waals surface area contributed by atoms with Crippen LogP contribution in [0.15, 0.2) is 0 Å². The molecule has 0 unspecified atom stereocenters. The third-order valence-electron chi connectivity index (χ3n) is 1.55. The van der Waals surface area contributed by atoms with Gasteiger partial charge in [0.15, 0.2) is 0 Å². The number of hydrogen-bond donors (Lipinski definition) is 3. The maximum absolute atomic E-state index is 11.1. The predicted molar refractivity (Wildman–Crippen MR) is 59.1 cm³/mol. The maximum atomic E-state index is 11.1. The number of nitrogens with zero attached hydrogens (tertiary/aromatic N) is 1. The Hall–Kier alpha value is -1.66. The number of carbonyl (C=O) groups is 2. The molecule has 0 heterocycles. The van der Waals surface area contributed by atoms with Crippen molar-refractivity contribution in [3.8, 4) is 6.07 Å². The van der Waals surface area contributed by atoms with Gasteiger partial charge in [0.1, 0.15) is 6.54 Å². The summed E-state index contributed by atoms with van der Waals surface area (Å²) < 4.78 is 24.5. The first-order valence-corrected chi connectivity index (χ1v) is 6.48. The summed E-state index contributed by atoms with van der Waals surface area (Å²) in [5.41, 5.74) is 0. The molecule has 0 bridgehead atoms. The van der Waals surface area contributed by atoms with E-state index in [1.165, 1.54) is 0 Å². The van der Waals surface area contributed by atoms with Crippen molar-refractivity contribution in [1.82, 2.24) is 15.4 Å². The van der Waals surface area contributed by atoms with Crippen LogP contribution in [0.3, 0.4) is 0 Å². The van der Waals surface area contributed by atoms with E-state index in [1.54, 1.807) is 13.0 Å². The highest BCUT2D eigenvalue weighted by atomic mass is 32.2. The lowest BCUT2D eigenvalue weighted by Gasteiger charge is -2.05. The standard InChI is InChI=1S/C8H14N4O4S/c1-2-12-17(15,16)6-5-11-8(14)7(13)10-4-3-9/h12H,2,4-6H2,1H3,(H,10,13)(H,11,14). The van der Waals surface area contributed by atoms with Crippen molar-refractivity contribution >= 4 is 21.8 Å². The molecule has 9 heteroatoms. The second-order valence-corrected chi connectivity index (χ2v) is 4.84. The molecule has 0 aliphatic rings. The zero-order valence-corrected chi connectivity index (χ0v) is 10.1. The summed E-state index contributed by atoms with van der Waals surface area (Å²) in [5, 5.41) is 12.3. The number of nitriles is 1. The van der Waals surface area contributed by atoms with Crippen LogP contribution < -0.4 is 15.4 Å². The molecule has 0 aliphatic carbocycles. The lowest BCUT2D eigenvalue weighted by Crippen LogP contribution is -2.42. The van der Waals surface area contributed by atoms with Gasteiger partial charge >= 0.3 is 11.8 Å². The van der Waals surface area contributed by atoms with Gasteiger partial charge in [-0.3, -0.25) is 9.59 Å². The summed E-state index contributed by atoms with van der Waals surface area (Å²) in [6.07, 6.45) is 0. The summed E-state index contributed by atoms with van der Waals surface area (Å²) in [6.45, 7) is 1.44. The van der Waals surface area contributed by atoms with E-state index in [0.29, 0.717) is 0 Å². The normalized spacial score (nSPS) is 10.4. The molecule has 0 aliphatic heterocycles. The van der Waals surface area contributed by atoms with Crippen molar-refractivity contribution in [3.63, 3.8) is 0 Å². The first-order valence-electron chi connectivity index (χ1n) is 4.83. The van der Waals surface area contributed by atoms with Crippen LogP contribution in [-0.4, -0.2) is 45.6 Å². The minimum Gasteiger partial charge on any atom is -0.347 e. The Morgan fingerprint density at radius 3 is 2.35 bits per heavy atom. The van der Waals surface area contributed by atoms with Gasteiger partial charge in [-0.15, -0.1) is 0 Å². The minimum absolute atomic E-state index is 0.172. The van der Waals surface area contributed by atoms with E-state index in [2.05, 4.69) is 10.0 Å². The zero-order chi connectivity index (χ0) is 13.3. The van der Waals surface area contributed by atoms with E-state index in [-0.39, 0.29) is 25.4 Å². The Labute approximate surface area is 99.4 Å². The van der Waals surface area contributed by atoms with Crippen LogP contribution in [0.2, 0.25) is 0 Å². The molecule has 17 heavy (non-hydrogen) atoms. The van der Waals surface area contributed by atoms with E-state index in [4.69, 9.17) is 5.26 Å². The van der Waals surface area contributed by atoms with Gasteiger partial charge in [0.05, 0.1) is 11.8 Å². The topological polar surface area (TPSA) is 128 Å². The molecule has 2 amide bonds. The molecule has 8 nitrogen and oxygen atoms in total. The van der Waals surface area contributed by atoms with Crippen molar-refractivity contribution < 1.29 is 18.0 Å². The van der Waals surface area contributed by atoms with E-state index in [9.17, 15) is 18.0 Å². The molecule has 0 aromatic heterocycles. The third-order valence-corrected chi connectivity index (χ3v) is 3.02. The molecule has 3 N–H and O–H groups in total. The van der Waals surface area contributed by atoms with Crippen LogP contribution in [0, 0.1) is 11.3 Å². The Morgan fingerprint density at radius 1 is 1.24 bits per heavy atom. The van der Waals surface area contributed by atoms with E-state index in [1.807, 2.05) is 5.32 Å². The van der Waals surface area contributed by atoms with Crippen LogP contribution in [-0.2, 0) is 19.6 Å². The fraction of sp³-hybridized carbons (Fsp3) is 0.625. The summed E-state index contributed by atoms with van der Waals surface area (Å²) >= 11 is 0. The molecule has 0 spiro atoms. The molecular weight excluding hydrogens is 248 g/mol. The number of nitrogens with one attached hydrogen (secondary N) is 3. The highest BCUT2D eigenvalue weighted by Gasteiger charge is 2.14. The predicted octanol–water partition coefficient (Wildman–Crippen LogP) is -2.32. The largest absolute Gasteiger partial charge is 0.347 e. The average molecular weight is 262 g/mol. The first-order chi connectivity index (χ1) is 7.93. The van der Waals surface area contributed by atoms with Gasteiger partial charge in [0, 0.05) is 13.1 Å². The summed E-state index contributed by atoms with van der Waals surface area (Å²) in [6, 6.07) is 1.63. The fourth-order valence-corrected chi connectivity index (χ4v) is 1.83. The second-order valence-electron chi connectivity index (χ2n) is 2.91. The number of amides is 2. The van der Waals surface area contributed by atoms with Gasteiger partial charge in [-0.2, -0.15) is 5.26 Å². The molecule has 96 valence electrons. The number of sulfonamides is 1. The molecule has 0 saturated heterocycles. The number of rotatable bonds is 6. The third kappa shape index (κ3) is 7.26. The Balaban J connectivity index is 3.94. The number of hydrogen-bond acceptors (Lipinski definition) is 5. The van der Waals surface area contributed by atoms with Crippen LogP contribution in [0.1, 0.15) is 6.92 Å². The molecule has 0 aromatic rings. The molecule has 0 radical (unpaired) electrons. The lowest BCUT2D eigenvalue weighted by molar-refractivity contribution is -0.138. The van der Waals surface area contributed by atoms with Gasteiger partial charge in [-0.25, -0.2) is 13.1 Å². The molecule has 0 rings (SSSR count). The van der Waals surface area contributed by atoms with Gasteiger partial charge in [-0.05, 0) is 0 Å². The maximum Gasteiger partial charge on any atom is 0.310 e. The smallest absolute Gasteiger partial charge is 0.310 e. The van der Waals surface area contributed by atoms with Crippen LogP contribution in [0.25, 0.3) is 0 Å². The Bertz CT molecular complexity index is 412. The van der Waals surface area contributed by atoms with Crippen LogP contribution >= 0.6 is 0 Å². The quantitative estimate of drug-likeness (QED) is 0.366. The average Bonchev–Trinajstić information content (AvgIpc) is 2.25. The van der Waals surface area contributed by atoms with Crippen molar-refractivity contribution in [2.45, 2.75) is 6.92 Å². The van der Waals surface area contributed by atoms with Gasteiger partial charge < -0.3 is 10.6 Å². The Morgan fingerprint density at radius 2 is 1.82 bits per heavy atom. The zero-order valence-electron chi connectivity index (χ0n) is 9.32. The van der Waals surface area contributed by atoms with Gasteiger partial charge in [-0.1, -0.05) is 6.92 Å². The molecule has 0 fully saturated rings. The molecule has 0 aromatic carbocycles. The van der Waals surface area contributed by atoms with E-state index < -0.39 is 21.8 Å². The monoisotopic (exact) mass is 262 g/mol. The summed E-state index contributed by atoms with van der Waals surface area (Å²) in [5.74, 6) is -2.24. The summed E-state index contributed by atoms with van der Waals surface area (Å²) in [4.78, 5) is 22.0. The second kappa shape index (κ2) is 7.59. The number of carbonyl (C=O) groups excluding carboxylic acids is 2. The van der Waals surface area contributed by atoms with Gasteiger partial charge in [0.25, 0.3) is 0 Å². The van der Waals surface area contributed by atoms with Gasteiger partial charge in [0.2, 0.25) is 10.0 Å².